The zero-order valence-corrected chi connectivity index (χ0v) is 17.9. The quantitative estimate of drug-likeness (QED) is 0.437. The van der Waals surface area contributed by atoms with E-state index in [0.717, 1.165) is 0 Å². The van der Waals surface area contributed by atoms with Gasteiger partial charge in [0, 0.05) is 6.20 Å². The van der Waals surface area contributed by atoms with Crippen LogP contribution in [-0.4, -0.2) is 20.4 Å². The fourth-order valence-corrected chi connectivity index (χ4v) is 3.78. The summed E-state index contributed by atoms with van der Waals surface area (Å²) in [6.45, 7) is 1.82. The molecule has 1 amide bonds. The van der Waals surface area contributed by atoms with Gasteiger partial charge in [-0.2, -0.15) is 0 Å². The number of benzene rings is 2. The van der Waals surface area contributed by atoms with Crippen LogP contribution in [0.5, 0.6) is 0 Å². The monoisotopic (exact) mass is 453 g/mol. The van der Waals surface area contributed by atoms with Crippen molar-refractivity contribution in [1.29, 1.82) is 0 Å². The van der Waals surface area contributed by atoms with E-state index in [1.807, 2.05) is 25.1 Å². The van der Waals surface area contributed by atoms with E-state index >= 15 is 0 Å². The molecule has 1 atom stereocenters. The van der Waals surface area contributed by atoms with E-state index < -0.39 is 11.9 Å². The van der Waals surface area contributed by atoms with Crippen LogP contribution in [0.15, 0.2) is 65.6 Å². The number of nitrogens with zero attached hydrogens (tertiary/aromatic N) is 3. The van der Waals surface area contributed by atoms with Crippen molar-refractivity contribution in [3.63, 3.8) is 0 Å². The van der Waals surface area contributed by atoms with E-state index in [1.165, 1.54) is 16.8 Å². The first-order chi connectivity index (χ1) is 14.9. The second-order valence-corrected chi connectivity index (χ2v) is 7.66. The van der Waals surface area contributed by atoms with Crippen LogP contribution in [0.2, 0.25) is 10.2 Å². The van der Waals surface area contributed by atoms with Gasteiger partial charge in [0.25, 0.3) is 11.5 Å². The number of amides is 1. The van der Waals surface area contributed by atoms with Crippen molar-refractivity contribution in [3.05, 3.63) is 92.7 Å². The minimum absolute atomic E-state index is 0.175. The first kappa shape index (κ1) is 20.8. The Labute approximate surface area is 187 Å². The van der Waals surface area contributed by atoms with Gasteiger partial charge in [-0.05, 0) is 37.3 Å². The third kappa shape index (κ3) is 3.97. The molecule has 3 N–H and O–H groups in total. The number of halogens is 2. The number of carbonyl (C=O) groups is 1. The molecule has 2 aromatic heterocycles. The van der Waals surface area contributed by atoms with Gasteiger partial charge in [-0.1, -0.05) is 47.5 Å². The number of rotatable bonds is 5. The van der Waals surface area contributed by atoms with Crippen molar-refractivity contribution in [2.45, 2.75) is 13.0 Å². The molecule has 0 fully saturated rings. The summed E-state index contributed by atoms with van der Waals surface area (Å²) in [4.78, 5) is 33.9. The molecule has 0 aliphatic heterocycles. The molecule has 0 aliphatic rings. The maximum atomic E-state index is 13.5. The largest absolute Gasteiger partial charge is 0.375 e. The van der Waals surface area contributed by atoms with Crippen LogP contribution in [0.1, 0.15) is 29.1 Å². The summed E-state index contributed by atoms with van der Waals surface area (Å²) in [5.41, 5.74) is 6.83. The number of nitrogens with one attached hydrogen (secondary N) is 1. The van der Waals surface area contributed by atoms with Crippen LogP contribution in [0.4, 0.5) is 5.69 Å². The predicted octanol–water partition coefficient (Wildman–Crippen LogP) is 4.36. The van der Waals surface area contributed by atoms with Crippen LogP contribution in [0, 0.1) is 0 Å². The Hall–Kier alpha value is -3.42. The topological polar surface area (TPSA) is 103 Å². The lowest BCUT2D eigenvalue weighted by Crippen LogP contribution is -2.28. The van der Waals surface area contributed by atoms with Crippen molar-refractivity contribution in [1.82, 2.24) is 14.5 Å². The lowest BCUT2D eigenvalue weighted by atomic mass is 10.1. The predicted molar refractivity (Wildman–Crippen MR) is 122 cm³/mol. The zero-order chi connectivity index (χ0) is 22.1. The fraction of sp³-hybridized carbons (Fsp3) is 0.0909. The number of fused-ring (bicyclic) bond motifs is 1. The van der Waals surface area contributed by atoms with Crippen LogP contribution in [0.3, 0.4) is 0 Å². The molecule has 0 saturated carbocycles. The van der Waals surface area contributed by atoms with Gasteiger partial charge in [-0.15, -0.1) is 0 Å². The van der Waals surface area contributed by atoms with E-state index in [9.17, 15) is 9.59 Å². The molecule has 0 spiro atoms. The number of aromatic nitrogens is 3. The van der Waals surface area contributed by atoms with Crippen molar-refractivity contribution >= 4 is 45.7 Å². The lowest BCUT2D eigenvalue weighted by molar-refractivity contribution is 0.100. The molecule has 4 rings (SSSR count). The smallest absolute Gasteiger partial charge is 0.267 e. The summed E-state index contributed by atoms with van der Waals surface area (Å²) >= 11 is 12.3. The SMILES string of the molecule is C[C@@H](Nc1cc(Cl)ncc1C(N)=O)c1nc2cccc(Cl)c2c(=O)n1-c1ccccc1. The summed E-state index contributed by atoms with van der Waals surface area (Å²) in [7, 11) is 0. The van der Waals surface area contributed by atoms with E-state index in [1.54, 1.807) is 30.3 Å². The number of para-hydroxylation sites is 1. The molecular weight excluding hydrogens is 437 g/mol. The molecular formula is C22H17Cl2N5O2. The maximum absolute atomic E-state index is 13.5. The highest BCUT2D eigenvalue weighted by atomic mass is 35.5. The second kappa shape index (κ2) is 8.37. The Morgan fingerprint density at radius 3 is 2.58 bits per heavy atom. The van der Waals surface area contributed by atoms with Gasteiger partial charge in [0.2, 0.25) is 0 Å². The molecule has 0 unspecified atom stereocenters. The fourth-order valence-electron chi connectivity index (χ4n) is 3.37. The highest BCUT2D eigenvalue weighted by Crippen LogP contribution is 2.26. The first-order valence-electron chi connectivity index (χ1n) is 9.35. The van der Waals surface area contributed by atoms with Crippen LogP contribution < -0.4 is 16.6 Å². The Kier molecular flexibility index (Phi) is 5.63. The molecule has 0 saturated heterocycles. The molecule has 156 valence electrons. The minimum Gasteiger partial charge on any atom is -0.375 e. The Balaban J connectivity index is 1.92. The van der Waals surface area contributed by atoms with Gasteiger partial charge in [0.15, 0.2) is 0 Å². The van der Waals surface area contributed by atoms with E-state index in [2.05, 4.69) is 10.3 Å². The molecule has 7 nitrogen and oxygen atoms in total. The van der Waals surface area contributed by atoms with Crippen molar-refractivity contribution in [3.8, 4) is 5.69 Å². The first-order valence-corrected chi connectivity index (χ1v) is 10.1. The lowest BCUT2D eigenvalue weighted by Gasteiger charge is -2.21. The molecule has 9 heteroatoms. The van der Waals surface area contributed by atoms with Crippen LogP contribution >= 0.6 is 23.2 Å². The molecule has 0 radical (unpaired) electrons. The number of carbonyl (C=O) groups excluding carboxylic acids is 1. The van der Waals surface area contributed by atoms with Gasteiger partial charge in [0.1, 0.15) is 11.0 Å². The van der Waals surface area contributed by atoms with E-state index in [0.29, 0.717) is 33.1 Å². The highest BCUT2D eigenvalue weighted by Gasteiger charge is 2.21. The number of primary amides is 1. The minimum atomic E-state index is -0.655. The third-order valence-electron chi connectivity index (χ3n) is 4.78. The average molecular weight is 454 g/mol. The second-order valence-electron chi connectivity index (χ2n) is 6.86. The van der Waals surface area contributed by atoms with Crippen molar-refractivity contribution in [2.75, 3.05) is 5.32 Å². The standard InChI is InChI=1S/C22H17Cl2N5O2/c1-12(27-17-10-18(24)26-11-14(17)20(25)30)21-28-16-9-5-8-15(23)19(16)22(31)29(21)13-6-3-2-4-7-13/h2-12H,1H3,(H2,25,30)(H,26,27)/t12-/m1/s1. The number of hydrogen-bond acceptors (Lipinski definition) is 5. The molecule has 2 aromatic carbocycles. The summed E-state index contributed by atoms with van der Waals surface area (Å²) in [5, 5.41) is 4.03. The van der Waals surface area contributed by atoms with Crippen LogP contribution in [0.25, 0.3) is 16.6 Å². The van der Waals surface area contributed by atoms with Gasteiger partial charge in [0.05, 0.1) is 38.9 Å². The van der Waals surface area contributed by atoms with Gasteiger partial charge >= 0.3 is 0 Å². The Morgan fingerprint density at radius 1 is 1.13 bits per heavy atom. The summed E-state index contributed by atoms with van der Waals surface area (Å²) in [6.07, 6.45) is 1.30. The average Bonchev–Trinajstić information content (AvgIpc) is 2.74. The highest BCUT2D eigenvalue weighted by molar-refractivity contribution is 6.35. The van der Waals surface area contributed by atoms with Crippen molar-refractivity contribution in [2.24, 2.45) is 5.73 Å². The number of anilines is 1. The molecule has 2 heterocycles. The van der Waals surface area contributed by atoms with E-state index in [4.69, 9.17) is 33.9 Å². The number of nitrogens with two attached hydrogens (primary N) is 1. The zero-order valence-electron chi connectivity index (χ0n) is 16.3. The molecule has 0 aliphatic carbocycles. The van der Waals surface area contributed by atoms with E-state index in [-0.39, 0.29) is 16.3 Å². The van der Waals surface area contributed by atoms with Crippen LogP contribution in [-0.2, 0) is 0 Å². The number of pyridine rings is 1. The Bertz CT molecular complexity index is 1360. The van der Waals surface area contributed by atoms with Gasteiger partial charge in [-0.3, -0.25) is 14.2 Å². The summed E-state index contributed by atoms with van der Waals surface area (Å²) in [5.74, 6) is -0.230. The molecule has 0 bridgehead atoms. The normalized spacial score (nSPS) is 12.0. The van der Waals surface area contributed by atoms with Gasteiger partial charge in [-0.25, -0.2) is 9.97 Å². The third-order valence-corrected chi connectivity index (χ3v) is 5.30. The van der Waals surface area contributed by atoms with Crippen molar-refractivity contribution < 1.29 is 4.79 Å². The Morgan fingerprint density at radius 2 is 1.87 bits per heavy atom. The molecule has 4 aromatic rings. The summed E-state index contributed by atoms with van der Waals surface area (Å²) in [6, 6.07) is 15.2. The summed E-state index contributed by atoms with van der Waals surface area (Å²) < 4.78 is 1.50. The maximum Gasteiger partial charge on any atom is 0.267 e. The molecule has 31 heavy (non-hydrogen) atoms. The van der Waals surface area contributed by atoms with Gasteiger partial charge < -0.3 is 11.1 Å². The number of hydrogen-bond donors (Lipinski definition) is 2.